The van der Waals surface area contributed by atoms with Crippen LogP contribution in [0.2, 0.25) is 0 Å². The van der Waals surface area contributed by atoms with Gasteiger partial charge in [-0.25, -0.2) is 0 Å². The van der Waals surface area contributed by atoms with Crippen LogP contribution in [0.15, 0.2) is 11.6 Å². The van der Waals surface area contributed by atoms with Gasteiger partial charge in [0.15, 0.2) is 5.78 Å². The van der Waals surface area contributed by atoms with Crippen molar-refractivity contribution < 1.29 is 9.90 Å². The van der Waals surface area contributed by atoms with Gasteiger partial charge in [0.1, 0.15) is 0 Å². The van der Waals surface area contributed by atoms with Crippen LogP contribution in [0.4, 0.5) is 0 Å². The maximum Gasteiger partial charge on any atom is 0.155 e. The molecule has 0 unspecified atom stereocenters. The Hall–Kier alpha value is -0.630. The topological polar surface area (TPSA) is 37.3 Å². The van der Waals surface area contributed by atoms with Crippen LogP contribution in [0, 0.1) is 40.4 Å². The molecule has 0 aliphatic heterocycles. The zero-order valence-electron chi connectivity index (χ0n) is 15.0. The summed E-state index contributed by atoms with van der Waals surface area (Å²) in [7, 11) is 0. The number of ketones is 1. The van der Waals surface area contributed by atoms with E-state index in [0.29, 0.717) is 41.0 Å². The molecule has 1 N–H and O–H groups in total. The second kappa shape index (κ2) is 5.18. The maximum atomic E-state index is 11.9. The van der Waals surface area contributed by atoms with Crippen molar-refractivity contribution in [3.63, 3.8) is 0 Å². The van der Waals surface area contributed by atoms with Crippen molar-refractivity contribution in [2.75, 3.05) is 6.61 Å². The van der Waals surface area contributed by atoms with E-state index in [9.17, 15) is 9.90 Å². The highest BCUT2D eigenvalue weighted by molar-refractivity contribution is 5.91. The number of hydrogen-bond donors (Lipinski definition) is 1. The Kier molecular flexibility index (Phi) is 3.58. The van der Waals surface area contributed by atoms with Gasteiger partial charge in [-0.15, -0.1) is 0 Å². The monoisotopic (exact) mass is 316 g/mol. The SMILES string of the molecule is C[C@@H]1CC2=CC(=O)CC[C@@H]2[C@H]2CC[C@]3(C)[C@H](CO)CC[C@]3(C)[C@@H]21. The lowest BCUT2D eigenvalue weighted by atomic mass is 9.43. The number of fused-ring (bicyclic) bond motifs is 5. The van der Waals surface area contributed by atoms with Gasteiger partial charge in [0.25, 0.3) is 0 Å². The van der Waals surface area contributed by atoms with Gasteiger partial charge in [0, 0.05) is 13.0 Å². The summed E-state index contributed by atoms with van der Waals surface area (Å²) in [4.78, 5) is 11.9. The van der Waals surface area contributed by atoms with Gasteiger partial charge in [0.2, 0.25) is 0 Å². The zero-order valence-corrected chi connectivity index (χ0v) is 15.0. The zero-order chi connectivity index (χ0) is 16.4. The Morgan fingerprint density at radius 1 is 1.17 bits per heavy atom. The number of aliphatic hydroxyl groups is 1. The quantitative estimate of drug-likeness (QED) is 0.780. The molecule has 7 atom stereocenters. The molecule has 0 radical (unpaired) electrons. The summed E-state index contributed by atoms with van der Waals surface area (Å²) in [5.41, 5.74) is 2.15. The molecule has 0 spiro atoms. The van der Waals surface area contributed by atoms with Crippen molar-refractivity contribution in [1.82, 2.24) is 0 Å². The highest BCUT2D eigenvalue weighted by atomic mass is 16.3. The van der Waals surface area contributed by atoms with Crippen LogP contribution in [-0.2, 0) is 4.79 Å². The van der Waals surface area contributed by atoms with E-state index >= 15 is 0 Å². The van der Waals surface area contributed by atoms with Crippen LogP contribution in [0.25, 0.3) is 0 Å². The second-order valence-electron chi connectivity index (χ2n) is 9.49. The molecular formula is C21H32O2. The standard InChI is InChI=1S/C21H32O2/c1-13-10-14-11-16(23)4-5-17(14)18-7-9-20(2)15(12-22)6-8-21(20,3)19(13)18/h11,13,15,17-19,22H,4-10,12H2,1-3H3/t13-,15+,17+,18-,19-,20-,21-/m1/s1. The summed E-state index contributed by atoms with van der Waals surface area (Å²) < 4.78 is 0. The lowest BCUT2D eigenvalue weighted by Gasteiger charge is -2.61. The van der Waals surface area contributed by atoms with E-state index in [4.69, 9.17) is 0 Å². The lowest BCUT2D eigenvalue weighted by molar-refractivity contribution is -0.124. The van der Waals surface area contributed by atoms with Crippen molar-refractivity contribution in [3.8, 4) is 0 Å². The second-order valence-corrected chi connectivity index (χ2v) is 9.49. The number of hydrogen-bond acceptors (Lipinski definition) is 2. The molecule has 0 aromatic heterocycles. The first-order valence-corrected chi connectivity index (χ1v) is 9.75. The van der Waals surface area contributed by atoms with Crippen molar-refractivity contribution in [2.45, 2.75) is 65.7 Å². The molecule has 4 aliphatic rings. The predicted molar refractivity (Wildman–Crippen MR) is 91.8 cm³/mol. The fraction of sp³-hybridized carbons (Fsp3) is 0.857. The van der Waals surface area contributed by atoms with E-state index in [1.165, 1.54) is 31.3 Å². The fourth-order valence-corrected chi connectivity index (χ4v) is 7.56. The average Bonchev–Trinajstić information content (AvgIpc) is 2.77. The van der Waals surface area contributed by atoms with E-state index in [0.717, 1.165) is 31.1 Å². The minimum Gasteiger partial charge on any atom is -0.396 e. The number of carbonyl (C=O) groups is 1. The van der Waals surface area contributed by atoms with Crippen LogP contribution in [0.1, 0.15) is 65.7 Å². The van der Waals surface area contributed by atoms with Crippen LogP contribution >= 0.6 is 0 Å². The van der Waals surface area contributed by atoms with Crippen LogP contribution in [0.3, 0.4) is 0 Å². The molecule has 23 heavy (non-hydrogen) atoms. The molecule has 4 aliphatic carbocycles. The van der Waals surface area contributed by atoms with E-state index in [-0.39, 0.29) is 0 Å². The molecule has 0 bridgehead atoms. The molecule has 2 nitrogen and oxygen atoms in total. The summed E-state index contributed by atoms with van der Waals surface area (Å²) in [5, 5.41) is 9.92. The van der Waals surface area contributed by atoms with Gasteiger partial charge in [0.05, 0.1) is 0 Å². The number of allylic oxidation sites excluding steroid dienone is 1. The first-order chi connectivity index (χ1) is 10.9. The summed E-state index contributed by atoms with van der Waals surface area (Å²) in [6.07, 6.45) is 10.0. The third kappa shape index (κ3) is 2.00. The van der Waals surface area contributed by atoms with Gasteiger partial charge < -0.3 is 5.11 Å². The van der Waals surface area contributed by atoms with Gasteiger partial charge in [-0.05, 0) is 85.0 Å². The minimum absolute atomic E-state index is 0.308. The number of aliphatic hydroxyl groups excluding tert-OH is 1. The Labute approximate surface area is 140 Å². The summed E-state index contributed by atoms with van der Waals surface area (Å²) >= 11 is 0. The molecule has 128 valence electrons. The Morgan fingerprint density at radius 2 is 1.91 bits per heavy atom. The molecule has 2 heteroatoms. The first-order valence-electron chi connectivity index (χ1n) is 9.75. The lowest BCUT2D eigenvalue weighted by Crippen LogP contribution is -2.55. The summed E-state index contributed by atoms with van der Waals surface area (Å²) in [6.45, 7) is 7.80. The third-order valence-corrected chi connectivity index (χ3v) is 8.84. The maximum absolute atomic E-state index is 11.9. The molecule has 0 amide bonds. The molecular weight excluding hydrogens is 284 g/mol. The Morgan fingerprint density at radius 3 is 2.65 bits per heavy atom. The minimum atomic E-state index is 0.308. The Balaban J connectivity index is 1.72. The molecule has 4 rings (SSSR count). The van der Waals surface area contributed by atoms with Gasteiger partial charge >= 0.3 is 0 Å². The van der Waals surface area contributed by atoms with Gasteiger partial charge in [-0.2, -0.15) is 0 Å². The molecule has 3 fully saturated rings. The van der Waals surface area contributed by atoms with Crippen LogP contribution in [0.5, 0.6) is 0 Å². The van der Waals surface area contributed by atoms with Crippen molar-refractivity contribution in [3.05, 3.63) is 11.6 Å². The fourth-order valence-electron chi connectivity index (χ4n) is 7.56. The molecule has 0 saturated heterocycles. The number of carbonyl (C=O) groups excluding carboxylic acids is 1. The van der Waals surface area contributed by atoms with E-state index < -0.39 is 0 Å². The average molecular weight is 316 g/mol. The van der Waals surface area contributed by atoms with Crippen molar-refractivity contribution in [1.29, 1.82) is 0 Å². The van der Waals surface area contributed by atoms with E-state index in [2.05, 4.69) is 20.8 Å². The van der Waals surface area contributed by atoms with Crippen molar-refractivity contribution in [2.24, 2.45) is 40.4 Å². The molecule has 0 heterocycles. The van der Waals surface area contributed by atoms with Gasteiger partial charge in [-0.3, -0.25) is 4.79 Å². The van der Waals surface area contributed by atoms with Crippen LogP contribution < -0.4 is 0 Å². The first kappa shape index (κ1) is 15.9. The molecule has 0 aromatic rings. The highest BCUT2D eigenvalue weighted by Gasteiger charge is 2.63. The predicted octanol–water partition coefficient (Wildman–Crippen LogP) is 4.37. The Bertz CT molecular complexity index is 550. The van der Waals surface area contributed by atoms with E-state index in [1.54, 1.807) is 0 Å². The smallest absolute Gasteiger partial charge is 0.155 e. The van der Waals surface area contributed by atoms with Gasteiger partial charge in [-0.1, -0.05) is 26.3 Å². The summed E-state index contributed by atoms with van der Waals surface area (Å²) in [6, 6.07) is 0. The molecule has 0 aromatic carbocycles. The number of rotatable bonds is 1. The highest BCUT2D eigenvalue weighted by Crippen LogP contribution is 2.70. The third-order valence-electron chi connectivity index (χ3n) is 8.84. The molecule has 3 saturated carbocycles. The summed E-state index contributed by atoms with van der Waals surface area (Å²) in [5.74, 6) is 3.74. The van der Waals surface area contributed by atoms with E-state index in [1.807, 2.05) is 6.08 Å². The van der Waals surface area contributed by atoms with Crippen LogP contribution in [-0.4, -0.2) is 17.5 Å². The largest absolute Gasteiger partial charge is 0.396 e. The normalized spacial score (nSPS) is 52.4. The van der Waals surface area contributed by atoms with Crippen molar-refractivity contribution >= 4 is 5.78 Å².